The van der Waals surface area contributed by atoms with Gasteiger partial charge < -0.3 is 19.9 Å². The second-order valence-corrected chi connectivity index (χ2v) is 9.02. The van der Waals surface area contributed by atoms with Crippen LogP contribution in [0.25, 0.3) is 10.8 Å². The van der Waals surface area contributed by atoms with Gasteiger partial charge in [0.15, 0.2) is 6.61 Å². The van der Waals surface area contributed by atoms with Gasteiger partial charge >= 0.3 is 5.97 Å². The van der Waals surface area contributed by atoms with Gasteiger partial charge in [-0.15, -0.1) is 0 Å². The van der Waals surface area contributed by atoms with Crippen LogP contribution in [-0.4, -0.2) is 30.3 Å². The summed E-state index contributed by atoms with van der Waals surface area (Å²) in [5.74, 6) is 0.673. The van der Waals surface area contributed by atoms with Crippen LogP contribution in [0.15, 0.2) is 91.0 Å². The average molecular weight is 468 g/mol. The summed E-state index contributed by atoms with van der Waals surface area (Å²) < 4.78 is 11.7. The van der Waals surface area contributed by atoms with Crippen molar-refractivity contribution in [1.82, 2.24) is 5.32 Å². The largest absolute Gasteiger partial charge is 0.489 e. The van der Waals surface area contributed by atoms with Crippen LogP contribution in [-0.2, 0) is 4.79 Å². The smallest absolute Gasteiger partial charge is 0.341 e. The van der Waals surface area contributed by atoms with Crippen LogP contribution < -0.4 is 14.8 Å². The molecule has 3 atom stereocenters. The van der Waals surface area contributed by atoms with Crippen LogP contribution in [0.2, 0.25) is 0 Å². The van der Waals surface area contributed by atoms with Gasteiger partial charge in [0.25, 0.3) is 0 Å². The first kappa shape index (κ1) is 22.9. The molecule has 2 N–H and O–H groups in total. The highest BCUT2D eigenvalue weighted by Crippen LogP contribution is 2.40. The van der Waals surface area contributed by atoms with E-state index in [4.69, 9.17) is 14.6 Å². The summed E-state index contributed by atoms with van der Waals surface area (Å²) in [7, 11) is 0. The normalized spacial score (nSPS) is 17.9. The number of para-hydroxylation sites is 1. The Morgan fingerprint density at radius 2 is 1.74 bits per heavy atom. The van der Waals surface area contributed by atoms with Gasteiger partial charge in [-0.1, -0.05) is 72.8 Å². The van der Waals surface area contributed by atoms with Crippen molar-refractivity contribution in [3.05, 3.63) is 108 Å². The van der Waals surface area contributed by atoms with E-state index < -0.39 is 5.97 Å². The lowest BCUT2D eigenvalue weighted by Gasteiger charge is -2.33. The summed E-state index contributed by atoms with van der Waals surface area (Å²) in [5, 5.41) is 15.1. The molecule has 0 spiro atoms. The van der Waals surface area contributed by atoms with Crippen molar-refractivity contribution in [3.8, 4) is 11.5 Å². The van der Waals surface area contributed by atoms with Crippen molar-refractivity contribution in [2.45, 2.75) is 31.4 Å². The Bertz CT molecular complexity index is 1310. The van der Waals surface area contributed by atoms with Crippen molar-refractivity contribution >= 4 is 16.7 Å². The van der Waals surface area contributed by atoms with Crippen LogP contribution in [0.3, 0.4) is 0 Å². The number of carboxylic acid groups (broad SMARTS) is 1. The third kappa shape index (κ3) is 5.15. The monoisotopic (exact) mass is 467 g/mol. The van der Waals surface area contributed by atoms with E-state index in [1.54, 1.807) is 0 Å². The maximum absolute atomic E-state index is 10.8. The van der Waals surface area contributed by atoms with E-state index in [0.29, 0.717) is 5.75 Å². The number of carbonyl (C=O) groups is 1. The van der Waals surface area contributed by atoms with Gasteiger partial charge in [0, 0.05) is 24.1 Å². The number of carboxylic acids is 1. The third-order valence-electron chi connectivity index (χ3n) is 6.67. The molecular formula is C30H29NO4. The highest BCUT2D eigenvalue weighted by Gasteiger charge is 2.29. The molecule has 4 aromatic rings. The molecule has 0 radical (unpaired) electrons. The van der Waals surface area contributed by atoms with Crippen LogP contribution >= 0.6 is 0 Å². The molecule has 1 aliphatic rings. The van der Waals surface area contributed by atoms with E-state index in [9.17, 15) is 4.79 Å². The van der Waals surface area contributed by atoms with Crippen molar-refractivity contribution in [3.63, 3.8) is 0 Å². The summed E-state index contributed by atoms with van der Waals surface area (Å²) in [5.41, 5.74) is 3.62. The predicted octanol–water partition coefficient (Wildman–Crippen LogP) is 5.94. The van der Waals surface area contributed by atoms with Gasteiger partial charge in [0.05, 0.1) is 0 Å². The topological polar surface area (TPSA) is 67.8 Å². The van der Waals surface area contributed by atoms with Crippen molar-refractivity contribution < 1.29 is 19.4 Å². The van der Waals surface area contributed by atoms with Gasteiger partial charge in [-0.25, -0.2) is 4.79 Å². The molecule has 4 aromatic carbocycles. The molecule has 1 heterocycles. The maximum Gasteiger partial charge on any atom is 0.341 e. The number of hydrogen-bond acceptors (Lipinski definition) is 4. The van der Waals surface area contributed by atoms with Gasteiger partial charge in [-0.3, -0.25) is 0 Å². The fourth-order valence-corrected chi connectivity index (χ4v) is 4.92. The first-order chi connectivity index (χ1) is 17.1. The molecule has 35 heavy (non-hydrogen) atoms. The lowest BCUT2D eigenvalue weighted by molar-refractivity contribution is -0.139. The standard InChI is InChI=1S/C30H29NO4/c1-20(25-11-6-8-21-7-2-3-9-26(21)25)31-18-24-17-28(27-10-4-5-12-29(27)35-24)22-13-15-23(16-14-22)34-19-30(32)33/h2-16,20,24,28,31H,17-19H2,1H3,(H,32,33)/t20-,24-,28-/m1/s1. The molecule has 0 fully saturated rings. The molecule has 178 valence electrons. The molecule has 0 aromatic heterocycles. The highest BCUT2D eigenvalue weighted by molar-refractivity contribution is 5.86. The van der Waals surface area contributed by atoms with Crippen molar-refractivity contribution in [1.29, 1.82) is 0 Å². The zero-order valence-corrected chi connectivity index (χ0v) is 19.7. The minimum atomic E-state index is -0.986. The lowest BCUT2D eigenvalue weighted by Crippen LogP contribution is -2.37. The van der Waals surface area contributed by atoms with E-state index in [-0.39, 0.29) is 24.7 Å². The Kier molecular flexibility index (Phi) is 6.68. The minimum absolute atomic E-state index is 0.0234. The Morgan fingerprint density at radius 1 is 1.00 bits per heavy atom. The molecule has 0 bridgehead atoms. The fraction of sp³-hybridized carbons (Fsp3) is 0.233. The van der Waals surface area contributed by atoms with Gasteiger partial charge in [-0.2, -0.15) is 0 Å². The molecule has 5 nitrogen and oxygen atoms in total. The number of fused-ring (bicyclic) bond motifs is 2. The Balaban J connectivity index is 1.32. The highest BCUT2D eigenvalue weighted by atomic mass is 16.5. The van der Waals surface area contributed by atoms with E-state index in [1.807, 2.05) is 42.5 Å². The Morgan fingerprint density at radius 3 is 2.57 bits per heavy atom. The lowest BCUT2D eigenvalue weighted by atomic mass is 9.84. The number of ether oxygens (including phenoxy) is 2. The van der Waals surface area contributed by atoms with Gasteiger partial charge in [0.2, 0.25) is 0 Å². The molecule has 0 saturated heterocycles. The van der Waals surface area contributed by atoms with E-state index in [1.165, 1.54) is 21.9 Å². The number of nitrogens with one attached hydrogen (secondary N) is 1. The minimum Gasteiger partial charge on any atom is -0.489 e. The SMILES string of the molecule is C[C@@H](NC[C@H]1C[C@H](c2ccc(OCC(=O)O)cc2)c2ccccc2O1)c1cccc2ccccc12. The van der Waals surface area contributed by atoms with Crippen LogP contribution in [0.1, 0.15) is 42.0 Å². The van der Waals surface area contributed by atoms with E-state index >= 15 is 0 Å². The molecule has 1 aliphatic heterocycles. The summed E-state index contributed by atoms with van der Waals surface area (Å²) in [6.07, 6.45) is 0.872. The molecule has 0 aliphatic carbocycles. The third-order valence-corrected chi connectivity index (χ3v) is 6.67. The first-order valence-corrected chi connectivity index (χ1v) is 12.0. The second-order valence-electron chi connectivity index (χ2n) is 9.02. The van der Waals surface area contributed by atoms with Crippen LogP contribution in [0, 0.1) is 0 Å². The predicted molar refractivity (Wildman–Crippen MR) is 137 cm³/mol. The maximum atomic E-state index is 10.8. The molecule has 5 heteroatoms. The van der Waals surface area contributed by atoms with Crippen LogP contribution in [0.4, 0.5) is 0 Å². The number of hydrogen-bond donors (Lipinski definition) is 2. The molecule has 0 saturated carbocycles. The Hall–Kier alpha value is -3.83. The zero-order chi connectivity index (χ0) is 24.2. The summed E-state index contributed by atoms with van der Waals surface area (Å²) in [4.78, 5) is 10.8. The summed E-state index contributed by atoms with van der Waals surface area (Å²) in [6.45, 7) is 2.59. The average Bonchev–Trinajstić information content (AvgIpc) is 2.90. The Labute approximate surface area is 205 Å². The summed E-state index contributed by atoms with van der Waals surface area (Å²) in [6, 6.07) is 31.0. The first-order valence-electron chi connectivity index (χ1n) is 12.0. The van der Waals surface area contributed by atoms with E-state index in [2.05, 4.69) is 60.8 Å². The van der Waals surface area contributed by atoms with Gasteiger partial charge in [-0.05, 0) is 53.4 Å². The van der Waals surface area contributed by atoms with E-state index in [0.717, 1.165) is 24.3 Å². The quantitative estimate of drug-likeness (QED) is 0.336. The number of benzene rings is 4. The summed E-state index contributed by atoms with van der Waals surface area (Å²) >= 11 is 0. The number of aliphatic carboxylic acids is 1. The fourth-order valence-electron chi connectivity index (χ4n) is 4.92. The van der Waals surface area contributed by atoms with Crippen LogP contribution in [0.5, 0.6) is 11.5 Å². The second kappa shape index (κ2) is 10.2. The zero-order valence-electron chi connectivity index (χ0n) is 19.7. The van der Waals surface area contributed by atoms with Gasteiger partial charge in [0.1, 0.15) is 17.6 Å². The molecule has 5 rings (SSSR count). The number of rotatable bonds is 8. The van der Waals surface area contributed by atoms with Crippen molar-refractivity contribution in [2.75, 3.05) is 13.2 Å². The molecule has 0 unspecified atom stereocenters. The van der Waals surface area contributed by atoms with Crippen molar-refractivity contribution in [2.24, 2.45) is 0 Å². The molecular weight excluding hydrogens is 438 g/mol. The molecule has 0 amide bonds.